The van der Waals surface area contributed by atoms with Gasteiger partial charge in [-0.2, -0.15) is 10.2 Å². The van der Waals surface area contributed by atoms with Crippen LogP contribution in [0.15, 0.2) is 12.4 Å². The fraction of sp³-hybridized carbons (Fsp3) is 0.571. The van der Waals surface area contributed by atoms with Gasteiger partial charge in [0.05, 0.1) is 6.20 Å². The van der Waals surface area contributed by atoms with Crippen LogP contribution in [0.3, 0.4) is 0 Å². The Morgan fingerprint density at radius 3 is 2.91 bits per heavy atom. The molecule has 0 unspecified atom stereocenters. The van der Waals surface area contributed by atoms with E-state index in [-0.39, 0.29) is 12.5 Å². The van der Waals surface area contributed by atoms with Crippen LogP contribution in [0.5, 0.6) is 0 Å². The summed E-state index contributed by atoms with van der Waals surface area (Å²) in [4.78, 5) is 15.6. The van der Waals surface area contributed by atoms with E-state index in [1.54, 1.807) is 6.20 Å². The Morgan fingerprint density at radius 2 is 2.23 bits per heavy atom. The average molecular weight is 305 g/mol. The van der Waals surface area contributed by atoms with E-state index < -0.39 is 5.97 Å². The molecule has 2 aromatic rings. The van der Waals surface area contributed by atoms with Gasteiger partial charge < -0.3 is 9.84 Å². The molecule has 3 heterocycles. The summed E-state index contributed by atoms with van der Waals surface area (Å²) in [7, 11) is 0. The highest BCUT2D eigenvalue weighted by atomic mass is 16.5. The van der Waals surface area contributed by atoms with E-state index in [1.165, 1.54) is 4.68 Å². The number of nitrogens with one attached hydrogen (secondary N) is 1. The van der Waals surface area contributed by atoms with Crippen molar-refractivity contribution in [3.63, 3.8) is 0 Å². The first-order valence-corrected chi connectivity index (χ1v) is 7.43. The predicted octanol–water partition coefficient (Wildman–Crippen LogP) is 0.765. The zero-order chi connectivity index (χ0) is 15.4. The third-order valence-corrected chi connectivity index (χ3v) is 3.83. The first-order chi connectivity index (χ1) is 10.7. The standard InChI is InChI=1S/C14H19N5O3/c20-13(21)9-19-12(2-1-10-7-15-16-8-10)17-14(18-19)11-3-5-22-6-4-11/h7-8,11H,1-6,9H2,(H,15,16)(H,20,21). The van der Waals surface area contributed by atoms with Gasteiger partial charge in [0.25, 0.3) is 0 Å². The van der Waals surface area contributed by atoms with Gasteiger partial charge in [0.1, 0.15) is 12.4 Å². The normalized spacial score (nSPS) is 16.0. The molecule has 22 heavy (non-hydrogen) atoms. The van der Waals surface area contributed by atoms with Crippen LogP contribution in [0.2, 0.25) is 0 Å². The van der Waals surface area contributed by atoms with E-state index in [2.05, 4.69) is 20.3 Å². The number of hydrogen-bond acceptors (Lipinski definition) is 5. The molecule has 8 heteroatoms. The molecule has 2 N–H and O–H groups in total. The lowest BCUT2D eigenvalue weighted by molar-refractivity contribution is -0.137. The van der Waals surface area contributed by atoms with Crippen LogP contribution in [0.1, 0.15) is 36.0 Å². The van der Waals surface area contributed by atoms with Gasteiger partial charge >= 0.3 is 5.97 Å². The molecular formula is C14H19N5O3. The summed E-state index contributed by atoms with van der Waals surface area (Å²) in [5, 5.41) is 20.1. The van der Waals surface area contributed by atoms with Gasteiger partial charge in [-0.15, -0.1) is 0 Å². The third-order valence-electron chi connectivity index (χ3n) is 3.83. The summed E-state index contributed by atoms with van der Waals surface area (Å²) in [6.45, 7) is 1.27. The first-order valence-electron chi connectivity index (χ1n) is 7.43. The summed E-state index contributed by atoms with van der Waals surface area (Å²) in [5.41, 5.74) is 1.07. The van der Waals surface area contributed by atoms with Crippen LogP contribution in [-0.4, -0.2) is 49.3 Å². The van der Waals surface area contributed by atoms with Crippen molar-refractivity contribution < 1.29 is 14.6 Å². The van der Waals surface area contributed by atoms with Crippen molar-refractivity contribution in [2.75, 3.05) is 13.2 Å². The number of H-pyrrole nitrogens is 1. The minimum absolute atomic E-state index is 0.156. The number of nitrogens with zero attached hydrogens (tertiary/aromatic N) is 4. The largest absolute Gasteiger partial charge is 0.480 e. The number of aromatic nitrogens is 5. The number of aliphatic carboxylic acids is 1. The van der Waals surface area contributed by atoms with Crippen LogP contribution in [-0.2, 0) is 28.9 Å². The molecule has 1 aliphatic rings. The molecule has 0 amide bonds. The molecule has 1 aliphatic heterocycles. The number of carboxylic acids is 1. The van der Waals surface area contributed by atoms with Gasteiger partial charge in [0, 0.05) is 31.7 Å². The Labute approximate surface area is 127 Å². The lowest BCUT2D eigenvalue weighted by atomic mass is 10.00. The Bertz CT molecular complexity index is 616. The van der Waals surface area contributed by atoms with E-state index in [0.29, 0.717) is 25.5 Å². The summed E-state index contributed by atoms with van der Waals surface area (Å²) in [6.07, 6.45) is 6.76. The molecule has 2 aromatic heterocycles. The van der Waals surface area contributed by atoms with Gasteiger partial charge in [-0.1, -0.05) is 0 Å². The summed E-state index contributed by atoms with van der Waals surface area (Å²) >= 11 is 0. The average Bonchev–Trinajstić information content (AvgIpc) is 3.15. The molecule has 118 valence electrons. The molecule has 8 nitrogen and oxygen atoms in total. The van der Waals surface area contributed by atoms with E-state index >= 15 is 0 Å². The van der Waals surface area contributed by atoms with Crippen molar-refractivity contribution in [1.82, 2.24) is 25.0 Å². The molecule has 0 spiro atoms. The molecule has 0 atom stereocenters. The molecule has 0 saturated carbocycles. The minimum Gasteiger partial charge on any atom is -0.480 e. The molecule has 1 saturated heterocycles. The zero-order valence-corrected chi connectivity index (χ0v) is 12.2. The second kappa shape index (κ2) is 6.69. The predicted molar refractivity (Wildman–Crippen MR) is 76.4 cm³/mol. The smallest absolute Gasteiger partial charge is 0.325 e. The molecule has 3 rings (SSSR count). The molecule has 0 aliphatic carbocycles. The van der Waals surface area contributed by atoms with Crippen molar-refractivity contribution in [3.8, 4) is 0 Å². The maximum Gasteiger partial charge on any atom is 0.325 e. The summed E-state index contributed by atoms with van der Waals surface area (Å²) in [6, 6.07) is 0. The van der Waals surface area contributed by atoms with E-state index in [4.69, 9.17) is 9.84 Å². The Hall–Kier alpha value is -2.22. The number of carboxylic acid groups (broad SMARTS) is 1. The maximum absolute atomic E-state index is 11.0. The van der Waals surface area contributed by atoms with Crippen LogP contribution < -0.4 is 0 Å². The molecule has 0 bridgehead atoms. The van der Waals surface area contributed by atoms with Crippen LogP contribution in [0.25, 0.3) is 0 Å². The SMILES string of the molecule is O=C(O)Cn1nc(C2CCOCC2)nc1CCc1cn[nH]c1. The topological polar surface area (TPSA) is 106 Å². The van der Waals surface area contributed by atoms with Crippen molar-refractivity contribution in [2.24, 2.45) is 0 Å². The van der Waals surface area contributed by atoms with E-state index in [0.717, 1.165) is 30.7 Å². The molecule has 0 radical (unpaired) electrons. The number of hydrogen-bond donors (Lipinski definition) is 2. The molecule has 1 fully saturated rings. The lowest BCUT2D eigenvalue weighted by Gasteiger charge is -2.18. The van der Waals surface area contributed by atoms with Crippen LogP contribution in [0.4, 0.5) is 0 Å². The Morgan fingerprint density at radius 1 is 1.41 bits per heavy atom. The van der Waals surface area contributed by atoms with Gasteiger partial charge in [-0.25, -0.2) is 9.67 Å². The lowest BCUT2D eigenvalue weighted by Crippen LogP contribution is -2.16. The van der Waals surface area contributed by atoms with Crippen LogP contribution in [0, 0.1) is 0 Å². The summed E-state index contributed by atoms with van der Waals surface area (Å²) < 4.78 is 6.86. The van der Waals surface area contributed by atoms with Gasteiger partial charge in [0.2, 0.25) is 0 Å². The monoisotopic (exact) mass is 305 g/mol. The number of ether oxygens (including phenoxy) is 1. The van der Waals surface area contributed by atoms with Crippen molar-refractivity contribution >= 4 is 5.97 Å². The highest BCUT2D eigenvalue weighted by Crippen LogP contribution is 2.24. The number of aromatic amines is 1. The van der Waals surface area contributed by atoms with Crippen molar-refractivity contribution in [1.29, 1.82) is 0 Å². The van der Waals surface area contributed by atoms with E-state index in [1.807, 2.05) is 6.20 Å². The summed E-state index contributed by atoms with van der Waals surface area (Å²) in [5.74, 6) is 0.807. The maximum atomic E-state index is 11.0. The second-order valence-corrected chi connectivity index (χ2v) is 5.43. The van der Waals surface area contributed by atoms with E-state index in [9.17, 15) is 4.79 Å². The molecule has 0 aromatic carbocycles. The van der Waals surface area contributed by atoms with Gasteiger partial charge in [-0.05, 0) is 24.8 Å². The first kappa shape index (κ1) is 14.7. The molecular weight excluding hydrogens is 286 g/mol. The zero-order valence-electron chi connectivity index (χ0n) is 12.2. The fourth-order valence-electron chi connectivity index (χ4n) is 2.63. The number of carbonyl (C=O) groups is 1. The van der Waals surface area contributed by atoms with Crippen LogP contribution >= 0.6 is 0 Å². The third kappa shape index (κ3) is 3.51. The number of rotatable bonds is 6. The number of aryl methyl sites for hydroxylation is 2. The van der Waals surface area contributed by atoms with Crippen molar-refractivity contribution in [3.05, 3.63) is 29.6 Å². The minimum atomic E-state index is -0.909. The van der Waals surface area contributed by atoms with Crippen molar-refractivity contribution in [2.45, 2.75) is 38.1 Å². The van der Waals surface area contributed by atoms with Gasteiger partial charge in [0.15, 0.2) is 5.82 Å². The fourth-order valence-corrected chi connectivity index (χ4v) is 2.63. The highest BCUT2D eigenvalue weighted by Gasteiger charge is 2.22. The Balaban J connectivity index is 1.76. The second-order valence-electron chi connectivity index (χ2n) is 5.43. The van der Waals surface area contributed by atoms with Gasteiger partial charge in [-0.3, -0.25) is 9.89 Å². The highest BCUT2D eigenvalue weighted by molar-refractivity contribution is 5.66. The quantitative estimate of drug-likeness (QED) is 0.816. The Kier molecular flexibility index (Phi) is 4.47.